The molecule has 7 heteroatoms. The Labute approximate surface area is 187 Å². The van der Waals surface area contributed by atoms with E-state index in [4.69, 9.17) is 9.47 Å². The Morgan fingerprint density at radius 2 is 1.97 bits per heavy atom. The molecule has 1 atom stereocenters. The number of hydrogen-bond acceptors (Lipinski definition) is 5. The summed E-state index contributed by atoms with van der Waals surface area (Å²) < 4.78 is 25.7. The second-order valence-corrected chi connectivity index (χ2v) is 8.43. The predicted octanol–water partition coefficient (Wildman–Crippen LogP) is 3.57. The number of nitrogens with zero attached hydrogens (tertiary/aromatic N) is 2. The second kappa shape index (κ2) is 10.1. The van der Waals surface area contributed by atoms with Gasteiger partial charge in [-0.05, 0) is 42.9 Å². The van der Waals surface area contributed by atoms with Crippen molar-refractivity contribution in [2.45, 2.75) is 38.8 Å². The topological polar surface area (TPSA) is 60.8 Å². The number of aromatic nitrogens is 1. The highest BCUT2D eigenvalue weighted by Gasteiger charge is 2.27. The normalized spacial score (nSPS) is 18.6. The number of fused-ring (bicyclic) bond motifs is 1. The maximum atomic E-state index is 13.2. The maximum Gasteiger partial charge on any atom is 0.343 e. The van der Waals surface area contributed by atoms with Crippen LogP contribution < -0.4 is 10.3 Å². The van der Waals surface area contributed by atoms with Crippen LogP contribution in [0.5, 0.6) is 5.75 Å². The number of hydrogen-bond donors (Lipinski definition) is 0. The van der Waals surface area contributed by atoms with Gasteiger partial charge in [0.1, 0.15) is 23.7 Å². The lowest BCUT2D eigenvalue weighted by Gasteiger charge is -2.26. The van der Waals surface area contributed by atoms with Gasteiger partial charge in [0.05, 0.1) is 7.11 Å². The van der Waals surface area contributed by atoms with Crippen LogP contribution in [-0.2, 0) is 24.3 Å². The van der Waals surface area contributed by atoms with Crippen molar-refractivity contribution in [3.8, 4) is 5.75 Å². The summed E-state index contributed by atoms with van der Waals surface area (Å²) in [5.74, 6) is -0.00860. The van der Waals surface area contributed by atoms with Crippen LogP contribution in [0.1, 0.15) is 40.9 Å². The van der Waals surface area contributed by atoms with E-state index in [1.165, 1.54) is 31.7 Å². The van der Waals surface area contributed by atoms with Crippen LogP contribution in [-0.4, -0.2) is 42.2 Å². The molecule has 0 saturated heterocycles. The van der Waals surface area contributed by atoms with Crippen molar-refractivity contribution in [3.05, 3.63) is 75.5 Å². The van der Waals surface area contributed by atoms with E-state index in [0.29, 0.717) is 30.1 Å². The summed E-state index contributed by atoms with van der Waals surface area (Å²) in [7, 11) is 1.33. The molecule has 1 aromatic heterocycles. The summed E-state index contributed by atoms with van der Waals surface area (Å²) in [5, 5.41) is 0. The zero-order chi connectivity index (χ0) is 22.5. The van der Waals surface area contributed by atoms with Crippen LogP contribution in [0.3, 0.4) is 0 Å². The summed E-state index contributed by atoms with van der Waals surface area (Å²) in [4.78, 5) is 28.0. The fraction of sp³-hybridized carbons (Fsp3) is 0.440. The van der Waals surface area contributed by atoms with Gasteiger partial charge in [0.15, 0.2) is 0 Å². The number of allylic oxidation sites excluding steroid dienone is 2. The van der Waals surface area contributed by atoms with E-state index >= 15 is 0 Å². The lowest BCUT2D eigenvalue weighted by atomic mass is 9.94. The molecule has 0 unspecified atom stereocenters. The number of rotatable bonds is 6. The Morgan fingerprint density at radius 1 is 1.16 bits per heavy atom. The van der Waals surface area contributed by atoms with Gasteiger partial charge in [-0.15, -0.1) is 0 Å². The number of ether oxygens (including phenoxy) is 2. The van der Waals surface area contributed by atoms with Gasteiger partial charge in [-0.1, -0.05) is 24.3 Å². The summed E-state index contributed by atoms with van der Waals surface area (Å²) in [6.07, 6.45) is 8.47. The minimum atomic E-state index is -0.520. The van der Waals surface area contributed by atoms with Crippen LogP contribution in [0.15, 0.2) is 47.3 Å². The molecule has 1 aliphatic carbocycles. The quantitative estimate of drug-likeness (QED) is 0.508. The Kier molecular flexibility index (Phi) is 7.05. The lowest BCUT2D eigenvalue weighted by Crippen LogP contribution is -2.33. The Hall–Kier alpha value is -2.93. The van der Waals surface area contributed by atoms with Crippen LogP contribution >= 0.6 is 0 Å². The van der Waals surface area contributed by atoms with Gasteiger partial charge in [-0.3, -0.25) is 4.79 Å². The highest BCUT2D eigenvalue weighted by atomic mass is 19.1. The van der Waals surface area contributed by atoms with Crippen molar-refractivity contribution >= 4 is 5.97 Å². The van der Waals surface area contributed by atoms with Crippen LogP contribution in [0.25, 0.3) is 0 Å². The van der Waals surface area contributed by atoms with Crippen molar-refractivity contribution in [3.63, 3.8) is 0 Å². The molecule has 1 aromatic carbocycles. The summed E-state index contributed by atoms with van der Waals surface area (Å²) in [6.45, 7) is 3.18. The third-order valence-corrected chi connectivity index (χ3v) is 6.28. The average molecular weight is 441 g/mol. The van der Waals surface area contributed by atoms with E-state index in [1.54, 1.807) is 16.7 Å². The number of methoxy groups -OCH3 is 1. The Balaban J connectivity index is 1.57. The third-order valence-electron chi connectivity index (χ3n) is 6.28. The van der Waals surface area contributed by atoms with Gasteiger partial charge in [0.2, 0.25) is 0 Å². The molecule has 0 bridgehead atoms. The van der Waals surface area contributed by atoms with E-state index in [-0.39, 0.29) is 23.7 Å². The molecule has 0 radical (unpaired) electrons. The molecule has 0 saturated carbocycles. The van der Waals surface area contributed by atoms with E-state index in [2.05, 4.69) is 17.1 Å². The molecule has 0 spiro atoms. The number of benzene rings is 1. The molecule has 1 aliphatic heterocycles. The van der Waals surface area contributed by atoms with Gasteiger partial charge in [-0.25, -0.2) is 9.18 Å². The van der Waals surface area contributed by atoms with Gasteiger partial charge in [-0.2, -0.15) is 0 Å². The fourth-order valence-electron chi connectivity index (χ4n) is 4.54. The molecule has 0 amide bonds. The first kappa shape index (κ1) is 22.3. The van der Waals surface area contributed by atoms with Crippen molar-refractivity contribution in [2.24, 2.45) is 5.92 Å². The van der Waals surface area contributed by atoms with Gasteiger partial charge < -0.3 is 18.9 Å². The predicted molar refractivity (Wildman–Crippen MR) is 119 cm³/mol. The maximum absolute atomic E-state index is 13.2. The molecule has 32 heavy (non-hydrogen) atoms. The van der Waals surface area contributed by atoms with Gasteiger partial charge in [0, 0.05) is 44.4 Å². The molecular formula is C25H29FN2O4. The smallest absolute Gasteiger partial charge is 0.343 e. The average Bonchev–Trinajstić information content (AvgIpc) is 3.02. The minimum absolute atomic E-state index is 0.120. The largest absolute Gasteiger partial charge is 0.488 e. The van der Waals surface area contributed by atoms with Crippen LogP contribution in [0.4, 0.5) is 4.39 Å². The van der Waals surface area contributed by atoms with E-state index in [9.17, 15) is 14.0 Å². The molecule has 6 nitrogen and oxygen atoms in total. The Morgan fingerprint density at radius 3 is 2.69 bits per heavy atom. The molecular weight excluding hydrogens is 411 g/mol. The highest BCUT2D eigenvalue weighted by Crippen LogP contribution is 2.26. The minimum Gasteiger partial charge on any atom is -0.488 e. The van der Waals surface area contributed by atoms with E-state index in [0.717, 1.165) is 38.0 Å². The molecule has 0 fully saturated rings. The molecule has 2 aliphatic rings. The zero-order valence-corrected chi connectivity index (χ0v) is 18.4. The van der Waals surface area contributed by atoms with Gasteiger partial charge >= 0.3 is 5.97 Å². The molecule has 2 aromatic rings. The number of halogens is 1. The Bertz CT molecular complexity index is 1050. The summed E-state index contributed by atoms with van der Waals surface area (Å²) in [6, 6.07) is 7.29. The number of carbonyl (C=O) groups excluding carboxylic acids is 1. The number of carbonyl (C=O) groups is 1. The summed E-state index contributed by atoms with van der Waals surface area (Å²) >= 11 is 0. The summed E-state index contributed by atoms with van der Waals surface area (Å²) in [5.41, 5.74) is 1.51. The van der Waals surface area contributed by atoms with Crippen molar-refractivity contribution < 1.29 is 18.7 Å². The molecule has 2 heterocycles. The lowest BCUT2D eigenvalue weighted by molar-refractivity contribution is 0.0592. The monoisotopic (exact) mass is 440 g/mol. The first-order valence-corrected chi connectivity index (χ1v) is 11.1. The first-order valence-electron chi connectivity index (χ1n) is 11.1. The molecule has 170 valence electrons. The third kappa shape index (κ3) is 5.10. The first-order chi connectivity index (χ1) is 15.5. The fourth-order valence-corrected chi connectivity index (χ4v) is 4.54. The van der Waals surface area contributed by atoms with Crippen molar-refractivity contribution in [1.29, 1.82) is 0 Å². The van der Waals surface area contributed by atoms with Crippen LogP contribution in [0, 0.1) is 11.7 Å². The number of pyridine rings is 1. The van der Waals surface area contributed by atoms with E-state index in [1.807, 2.05) is 0 Å². The molecule has 0 N–H and O–H groups in total. The second-order valence-electron chi connectivity index (χ2n) is 8.43. The SMILES string of the molecule is COC(=O)c1c(OCc2ccc(F)cc2)cc(=O)n2c1CCN(C[C@H]1CC=CCC1)CC2. The van der Waals surface area contributed by atoms with Gasteiger partial charge in [0.25, 0.3) is 5.56 Å². The highest BCUT2D eigenvalue weighted by molar-refractivity contribution is 5.93. The van der Waals surface area contributed by atoms with Crippen LogP contribution in [0.2, 0.25) is 0 Å². The number of esters is 1. The van der Waals surface area contributed by atoms with Crippen molar-refractivity contribution in [2.75, 3.05) is 26.7 Å². The van der Waals surface area contributed by atoms with E-state index < -0.39 is 5.97 Å². The standard InChI is InChI=1S/C25H29FN2O4/c1-31-25(30)24-21-11-12-27(16-18-5-3-2-4-6-18)13-14-28(21)23(29)15-22(24)32-17-19-7-9-20(26)10-8-19/h2-3,7-10,15,18H,4-6,11-14,16-17H2,1H3/t18-/m0/s1. The molecule has 4 rings (SSSR count). The zero-order valence-electron chi connectivity index (χ0n) is 18.4. The van der Waals surface area contributed by atoms with Crippen molar-refractivity contribution in [1.82, 2.24) is 9.47 Å².